The topological polar surface area (TPSA) is 50.2 Å². The first-order chi connectivity index (χ1) is 10.3. The number of amides is 1. The second kappa shape index (κ2) is 7.07. The lowest BCUT2D eigenvalue weighted by atomic mass is 9.97. The van der Waals surface area contributed by atoms with Crippen molar-refractivity contribution in [2.45, 2.75) is 51.1 Å². The highest BCUT2D eigenvalue weighted by atomic mass is 16.2. The number of nitrogens with zero attached hydrogens (tertiary/aromatic N) is 3. The van der Waals surface area contributed by atoms with Crippen LogP contribution >= 0.6 is 0 Å². The maximum absolute atomic E-state index is 12.0. The van der Waals surface area contributed by atoms with Crippen LogP contribution in [0.2, 0.25) is 0 Å². The molecule has 0 aromatic carbocycles. The summed E-state index contributed by atoms with van der Waals surface area (Å²) in [7, 11) is 0. The van der Waals surface area contributed by atoms with Crippen LogP contribution < -0.4 is 5.32 Å². The van der Waals surface area contributed by atoms with E-state index in [9.17, 15) is 4.79 Å². The molecule has 1 aromatic rings. The van der Waals surface area contributed by atoms with Crippen molar-refractivity contribution in [1.82, 2.24) is 19.8 Å². The van der Waals surface area contributed by atoms with Crippen molar-refractivity contribution < 1.29 is 4.79 Å². The van der Waals surface area contributed by atoms with E-state index in [1.54, 1.807) is 0 Å². The van der Waals surface area contributed by atoms with E-state index < -0.39 is 0 Å². The van der Waals surface area contributed by atoms with E-state index in [1.165, 1.54) is 38.5 Å². The fourth-order valence-electron chi connectivity index (χ4n) is 3.57. The predicted octanol–water partition coefficient (Wildman–Crippen LogP) is 1.65. The Morgan fingerprint density at radius 3 is 2.62 bits per heavy atom. The van der Waals surface area contributed by atoms with Gasteiger partial charge < -0.3 is 9.88 Å². The molecule has 2 aliphatic rings. The fourth-order valence-corrected chi connectivity index (χ4v) is 3.57. The summed E-state index contributed by atoms with van der Waals surface area (Å²) in [6.45, 7) is 3.71. The van der Waals surface area contributed by atoms with Crippen molar-refractivity contribution in [3.05, 3.63) is 18.7 Å². The molecule has 2 heterocycles. The zero-order chi connectivity index (χ0) is 14.5. The van der Waals surface area contributed by atoms with Gasteiger partial charge in [0.15, 0.2) is 0 Å². The Kier molecular flexibility index (Phi) is 4.91. The molecule has 3 rings (SSSR count). The summed E-state index contributed by atoms with van der Waals surface area (Å²) in [6, 6.07) is 0.441. The largest absolute Gasteiger partial charge is 0.352 e. The molecule has 1 aliphatic heterocycles. The van der Waals surface area contributed by atoms with Gasteiger partial charge in [0.05, 0.1) is 12.9 Å². The van der Waals surface area contributed by atoms with Gasteiger partial charge in [-0.05, 0) is 44.7 Å². The summed E-state index contributed by atoms with van der Waals surface area (Å²) >= 11 is 0. The second-order valence-corrected chi connectivity index (χ2v) is 6.53. The smallest absolute Gasteiger partial charge is 0.234 e. The molecule has 0 atom stereocenters. The van der Waals surface area contributed by atoms with E-state index in [0.29, 0.717) is 18.5 Å². The number of imidazole rings is 1. The number of hydrogen-bond acceptors (Lipinski definition) is 3. The number of likely N-dealkylation sites (tertiary alicyclic amines) is 1. The number of rotatable bonds is 5. The molecule has 5 nitrogen and oxygen atoms in total. The summed E-state index contributed by atoms with van der Waals surface area (Å²) < 4.78 is 2.16. The van der Waals surface area contributed by atoms with Crippen LogP contribution in [0, 0.1) is 5.92 Å². The minimum Gasteiger partial charge on any atom is -0.352 e. The van der Waals surface area contributed by atoms with Gasteiger partial charge in [0, 0.05) is 25.0 Å². The Balaban J connectivity index is 1.36. The monoisotopic (exact) mass is 290 g/mol. The summed E-state index contributed by atoms with van der Waals surface area (Å²) in [5, 5.41) is 3.18. The average Bonchev–Trinajstić information content (AvgIpc) is 3.14. The molecule has 0 bridgehead atoms. The van der Waals surface area contributed by atoms with Crippen LogP contribution in [0.15, 0.2) is 18.7 Å². The summed E-state index contributed by atoms with van der Waals surface area (Å²) in [5.74, 6) is 0.934. The van der Waals surface area contributed by atoms with E-state index in [2.05, 4.69) is 19.8 Å². The van der Waals surface area contributed by atoms with Crippen LogP contribution in [0.5, 0.6) is 0 Å². The van der Waals surface area contributed by atoms with E-state index in [1.807, 2.05) is 18.7 Å². The second-order valence-electron chi connectivity index (χ2n) is 6.53. The maximum Gasteiger partial charge on any atom is 0.234 e. The van der Waals surface area contributed by atoms with Crippen molar-refractivity contribution in [2.24, 2.45) is 5.92 Å². The van der Waals surface area contributed by atoms with Gasteiger partial charge in [0.2, 0.25) is 5.91 Å². The number of carbonyl (C=O) groups is 1. The van der Waals surface area contributed by atoms with Gasteiger partial charge in [-0.15, -0.1) is 0 Å². The van der Waals surface area contributed by atoms with Gasteiger partial charge in [0.1, 0.15) is 0 Å². The first kappa shape index (κ1) is 14.6. The summed E-state index contributed by atoms with van der Waals surface area (Å²) in [6.07, 6.45) is 13.0. The molecular weight excluding hydrogens is 264 g/mol. The standard InChI is InChI=1S/C16H26N4O/c21-16(18-15-3-1-2-4-15)12-19-8-5-14(6-9-19)11-20-10-7-17-13-20/h7,10,13-15H,1-6,8-9,11-12H2,(H,18,21). The molecule has 116 valence electrons. The Bertz CT molecular complexity index is 431. The zero-order valence-electron chi connectivity index (χ0n) is 12.7. The van der Waals surface area contributed by atoms with Gasteiger partial charge in [0.25, 0.3) is 0 Å². The first-order valence-electron chi connectivity index (χ1n) is 8.27. The average molecular weight is 290 g/mol. The normalized spacial score (nSPS) is 21.7. The van der Waals surface area contributed by atoms with Crippen LogP contribution in [-0.4, -0.2) is 46.0 Å². The van der Waals surface area contributed by atoms with Crippen molar-refractivity contribution >= 4 is 5.91 Å². The molecule has 1 aliphatic carbocycles. The van der Waals surface area contributed by atoms with Crippen LogP contribution in [0.25, 0.3) is 0 Å². The predicted molar refractivity (Wildman–Crippen MR) is 81.8 cm³/mol. The lowest BCUT2D eigenvalue weighted by molar-refractivity contribution is -0.123. The van der Waals surface area contributed by atoms with Crippen molar-refractivity contribution in [3.8, 4) is 0 Å². The Morgan fingerprint density at radius 1 is 1.19 bits per heavy atom. The van der Waals surface area contributed by atoms with Crippen LogP contribution in [-0.2, 0) is 11.3 Å². The van der Waals surface area contributed by atoms with E-state index in [-0.39, 0.29) is 5.91 Å². The molecule has 21 heavy (non-hydrogen) atoms. The van der Waals surface area contributed by atoms with Gasteiger partial charge in [-0.1, -0.05) is 12.8 Å². The molecule has 1 N–H and O–H groups in total. The van der Waals surface area contributed by atoms with E-state index in [0.717, 1.165) is 19.6 Å². The highest BCUT2D eigenvalue weighted by Gasteiger charge is 2.22. The van der Waals surface area contributed by atoms with Gasteiger partial charge >= 0.3 is 0 Å². The molecule has 0 radical (unpaired) electrons. The number of aromatic nitrogens is 2. The quantitative estimate of drug-likeness (QED) is 0.897. The van der Waals surface area contributed by atoms with Crippen LogP contribution in [0.3, 0.4) is 0 Å². The fraction of sp³-hybridized carbons (Fsp3) is 0.750. The number of nitrogens with one attached hydrogen (secondary N) is 1. The minimum absolute atomic E-state index is 0.218. The first-order valence-corrected chi connectivity index (χ1v) is 8.27. The number of carbonyl (C=O) groups excluding carboxylic acids is 1. The molecule has 1 amide bonds. The molecule has 1 saturated heterocycles. The lowest BCUT2D eigenvalue weighted by Gasteiger charge is -2.31. The van der Waals surface area contributed by atoms with Crippen molar-refractivity contribution in [1.29, 1.82) is 0 Å². The molecule has 0 spiro atoms. The minimum atomic E-state index is 0.218. The highest BCUT2D eigenvalue weighted by Crippen LogP contribution is 2.20. The number of piperidine rings is 1. The molecule has 0 unspecified atom stereocenters. The maximum atomic E-state index is 12.0. The molecular formula is C16H26N4O. The molecule has 2 fully saturated rings. The highest BCUT2D eigenvalue weighted by molar-refractivity contribution is 5.78. The summed E-state index contributed by atoms with van der Waals surface area (Å²) in [5.41, 5.74) is 0. The molecule has 5 heteroatoms. The van der Waals surface area contributed by atoms with Crippen molar-refractivity contribution in [3.63, 3.8) is 0 Å². The van der Waals surface area contributed by atoms with Crippen molar-refractivity contribution in [2.75, 3.05) is 19.6 Å². The van der Waals surface area contributed by atoms with Crippen LogP contribution in [0.1, 0.15) is 38.5 Å². The van der Waals surface area contributed by atoms with Gasteiger partial charge in [-0.3, -0.25) is 9.69 Å². The van der Waals surface area contributed by atoms with Crippen LogP contribution in [0.4, 0.5) is 0 Å². The zero-order valence-corrected chi connectivity index (χ0v) is 12.7. The third kappa shape index (κ3) is 4.30. The third-order valence-electron chi connectivity index (χ3n) is 4.82. The third-order valence-corrected chi connectivity index (χ3v) is 4.82. The Hall–Kier alpha value is -1.36. The Morgan fingerprint density at radius 2 is 1.95 bits per heavy atom. The van der Waals surface area contributed by atoms with Gasteiger partial charge in [-0.25, -0.2) is 4.98 Å². The lowest BCUT2D eigenvalue weighted by Crippen LogP contribution is -2.44. The number of hydrogen-bond donors (Lipinski definition) is 1. The summed E-state index contributed by atoms with van der Waals surface area (Å²) in [4.78, 5) is 18.4. The molecule has 1 aromatic heterocycles. The molecule has 1 saturated carbocycles. The van der Waals surface area contributed by atoms with Gasteiger partial charge in [-0.2, -0.15) is 0 Å². The SMILES string of the molecule is O=C(CN1CCC(Cn2ccnc2)CC1)NC1CCCC1. The van der Waals surface area contributed by atoms with E-state index >= 15 is 0 Å². The van der Waals surface area contributed by atoms with E-state index in [4.69, 9.17) is 0 Å². The Labute approximate surface area is 126 Å².